The van der Waals surface area contributed by atoms with Crippen molar-refractivity contribution in [3.8, 4) is 0 Å². The maximum atomic E-state index is 7.94. The quantitative estimate of drug-likeness (QED) is 0.438. The molecule has 5 heavy (non-hydrogen) atoms. The summed E-state index contributed by atoms with van der Waals surface area (Å²) in [6.07, 6.45) is 0. The summed E-state index contributed by atoms with van der Waals surface area (Å²) in [6.45, 7) is 0. The molecule has 0 aliphatic rings. The summed E-state index contributed by atoms with van der Waals surface area (Å²) in [5.74, 6) is 0. The van der Waals surface area contributed by atoms with Crippen molar-refractivity contribution in [3.05, 3.63) is 0 Å². The second-order valence-corrected chi connectivity index (χ2v) is 0. The zero-order chi connectivity index (χ0) is 4.00. The van der Waals surface area contributed by atoms with Crippen molar-refractivity contribution in [2.45, 2.75) is 0 Å². The fraction of sp³-hybridized carbons (Fsp3) is 0. The molecule has 0 fully saturated rings. The van der Waals surface area contributed by atoms with Gasteiger partial charge in [0.15, 0.2) is 0 Å². The first kappa shape index (κ1) is 16.4. The molecule has 0 heterocycles. The van der Waals surface area contributed by atoms with Gasteiger partial charge in [-0.05, 0) is 0 Å². The second-order valence-electron chi connectivity index (χ2n) is 0. The van der Waals surface area contributed by atoms with E-state index in [1.165, 1.54) is 0 Å². The summed E-state index contributed by atoms with van der Waals surface area (Å²) >= 11 is 4.94. The van der Waals surface area contributed by atoms with Gasteiger partial charge < -0.3 is 0 Å². The fourth-order valence-corrected chi connectivity index (χ4v) is 0. The Kier molecular flexibility index (Phi) is 209. The van der Waals surface area contributed by atoms with Crippen LogP contribution in [0, 0.1) is 0 Å². The van der Waals surface area contributed by atoms with Crippen molar-refractivity contribution in [1.82, 2.24) is 0 Å². The molecule has 0 atom stereocenters. The van der Waals surface area contributed by atoms with E-state index in [4.69, 9.17) is 7.76 Å². The molecule has 0 spiro atoms. The SMILES string of the molecule is [Li].[O]=[Co].[O]=[Ni]. The summed E-state index contributed by atoms with van der Waals surface area (Å²) in [4.78, 5) is 0. The van der Waals surface area contributed by atoms with E-state index in [1.807, 2.05) is 0 Å². The van der Waals surface area contributed by atoms with Gasteiger partial charge in [-0.3, -0.25) is 0 Å². The average molecular weight is 157 g/mol. The number of rotatable bonds is 0. The fourth-order valence-electron chi connectivity index (χ4n) is 0. The predicted octanol–water partition coefficient (Wildman–Crippen LogP) is -0.623. The van der Waals surface area contributed by atoms with Crippen molar-refractivity contribution in [2.75, 3.05) is 0 Å². The zero-order valence-electron chi connectivity index (χ0n) is 2.47. The molecule has 2 nitrogen and oxygen atoms in total. The molecule has 0 aliphatic carbocycles. The van der Waals surface area contributed by atoms with Crippen LogP contribution in [0.1, 0.15) is 0 Å². The molecule has 5 heteroatoms. The molecule has 32 valence electrons. The Morgan fingerprint density at radius 1 is 1.20 bits per heavy atom. The number of hydrogen-bond donors (Lipinski definition) is 0. The van der Waals surface area contributed by atoms with Gasteiger partial charge in [-0.15, -0.1) is 0 Å². The summed E-state index contributed by atoms with van der Waals surface area (Å²) in [5.41, 5.74) is 0. The third-order valence-electron chi connectivity index (χ3n) is 0. The van der Waals surface area contributed by atoms with Crippen molar-refractivity contribution in [3.63, 3.8) is 0 Å². The van der Waals surface area contributed by atoms with Crippen LogP contribution >= 0.6 is 0 Å². The minimum atomic E-state index is 0. The Balaban J connectivity index is -0.0000000133. The summed E-state index contributed by atoms with van der Waals surface area (Å²) in [6, 6.07) is 0. The van der Waals surface area contributed by atoms with Gasteiger partial charge in [0.2, 0.25) is 0 Å². The van der Waals surface area contributed by atoms with E-state index >= 15 is 0 Å². The molecular weight excluding hydrogens is 157 g/mol. The van der Waals surface area contributed by atoms with E-state index < -0.39 is 0 Å². The van der Waals surface area contributed by atoms with E-state index in [1.54, 1.807) is 0 Å². The van der Waals surface area contributed by atoms with Crippen molar-refractivity contribution < 1.29 is 38.8 Å². The van der Waals surface area contributed by atoms with Crippen LogP contribution < -0.4 is 0 Å². The molecular formula is CoLiNiO2. The minimum absolute atomic E-state index is 0. The normalized spacial score (nSPS) is 2.20. The van der Waals surface area contributed by atoms with Crippen molar-refractivity contribution >= 4 is 18.9 Å². The van der Waals surface area contributed by atoms with Crippen molar-refractivity contribution in [2.24, 2.45) is 0 Å². The molecule has 0 aliphatic heterocycles. The van der Waals surface area contributed by atoms with Gasteiger partial charge >= 0.3 is 38.8 Å². The van der Waals surface area contributed by atoms with E-state index in [0.717, 1.165) is 0 Å². The molecule has 0 N–H and O–H groups in total. The third kappa shape index (κ3) is 37.1. The van der Waals surface area contributed by atoms with E-state index in [2.05, 4.69) is 31.1 Å². The Hall–Kier alpha value is 1.20. The van der Waals surface area contributed by atoms with Crippen LogP contribution in [0.2, 0.25) is 0 Å². The molecule has 0 amide bonds. The molecule has 0 aromatic carbocycles. The molecule has 0 aromatic rings. The molecule has 0 unspecified atom stereocenters. The molecule has 0 saturated heterocycles. The van der Waals surface area contributed by atoms with Crippen LogP contribution in [0.4, 0.5) is 0 Å². The molecule has 1 radical (unpaired) electrons. The van der Waals surface area contributed by atoms with Gasteiger partial charge in [0, 0.05) is 18.9 Å². The molecule has 0 rings (SSSR count). The molecule has 0 bridgehead atoms. The standard InChI is InChI=1S/Co.Li.Ni.2O. The summed E-state index contributed by atoms with van der Waals surface area (Å²) in [7, 11) is 0. The van der Waals surface area contributed by atoms with Gasteiger partial charge in [0.05, 0.1) is 0 Å². The summed E-state index contributed by atoms with van der Waals surface area (Å²) < 4.78 is 15.8. The van der Waals surface area contributed by atoms with E-state index in [-0.39, 0.29) is 18.9 Å². The Morgan fingerprint density at radius 2 is 1.20 bits per heavy atom. The number of hydrogen-bond acceptors (Lipinski definition) is 2. The van der Waals surface area contributed by atoms with Crippen molar-refractivity contribution in [1.29, 1.82) is 0 Å². The molecule has 0 aromatic heterocycles. The third-order valence-corrected chi connectivity index (χ3v) is 0. The predicted molar refractivity (Wildman–Crippen MR) is 7.13 cm³/mol. The first-order valence-corrected chi connectivity index (χ1v) is 1.09. The van der Waals surface area contributed by atoms with Gasteiger partial charge in [0.1, 0.15) is 0 Å². The van der Waals surface area contributed by atoms with Gasteiger partial charge in [-0.2, -0.15) is 0 Å². The van der Waals surface area contributed by atoms with Gasteiger partial charge in [-0.1, -0.05) is 0 Å². The maximum absolute atomic E-state index is 7.94. The Labute approximate surface area is 57.6 Å². The topological polar surface area (TPSA) is 34.1 Å². The first-order valence-electron chi connectivity index (χ1n) is 0.265. The Morgan fingerprint density at radius 3 is 1.20 bits per heavy atom. The van der Waals surface area contributed by atoms with Crippen LogP contribution in [0.5, 0.6) is 0 Å². The van der Waals surface area contributed by atoms with Crippen LogP contribution in [0.15, 0.2) is 0 Å². The first-order chi connectivity index (χ1) is 2.00. The van der Waals surface area contributed by atoms with Gasteiger partial charge in [-0.25, -0.2) is 0 Å². The van der Waals surface area contributed by atoms with Crippen LogP contribution in [-0.2, 0) is 38.8 Å². The molecule has 0 saturated carbocycles. The van der Waals surface area contributed by atoms with Crippen LogP contribution in [0.3, 0.4) is 0 Å². The van der Waals surface area contributed by atoms with E-state index in [0.29, 0.717) is 0 Å². The van der Waals surface area contributed by atoms with Crippen LogP contribution in [0.25, 0.3) is 0 Å². The van der Waals surface area contributed by atoms with Gasteiger partial charge in [0.25, 0.3) is 0 Å². The monoisotopic (exact) mass is 156 g/mol. The average Bonchev–Trinajstić information content (AvgIpc) is 1.50. The zero-order valence-corrected chi connectivity index (χ0v) is 4.49. The summed E-state index contributed by atoms with van der Waals surface area (Å²) in [5, 5.41) is 0. The second kappa shape index (κ2) is 63.9. The Bertz CT molecular complexity index is 11.6. The van der Waals surface area contributed by atoms with Crippen LogP contribution in [-0.4, -0.2) is 18.9 Å². The van der Waals surface area contributed by atoms with E-state index in [9.17, 15) is 0 Å².